The summed E-state index contributed by atoms with van der Waals surface area (Å²) >= 11 is 0. The minimum atomic E-state index is -0.0460. The number of nitrogens with zero attached hydrogens (tertiary/aromatic N) is 2. The minimum Gasteiger partial charge on any atom is -0.490 e. The fourth-order valence-electron chi connectivity index (χ4n) is 4.38. The molecule has 0 saturated carbocycles. The molecule has 1 saturated heterocycles. The predicted molar refractivity (Wildman–Crippen MR) is 111 cm³/mol. The van der Waals surface area contributed by atoms with Crippen LogP contribution in [0.25, 0.3) is 0 Å². The van der Waals surface area contributed by atoms with Crippen LogP contribution in [0.3, 0.4) is 0 Å². The number of carbonyl (C=O) groups is 2. The van der Waals surface area contributed by atoms with Crippen molar-refractivity contribution in [3.05, 3.63) is 24.3 Å². The monoisotopic (exact) mass is 387 g/mol. The summed E-state index contributed by atoms with van der Waals surface area (Å²) < 4.78 is 5.58. The fraction of sp³-hybridized carbons (Fsp3) is 0.636. The van der Waals surface area contributed by atoms with E-state index in [4.69, 9.17) is 4.74 Å². The molecule has 0 radical (unpaired) electrons. The highest BCUT2D eigenvalue weighted by Gasteiger charge is 2.24. The van der Waals surface area contributed by atoms with E-state index in [0.717, 1.165) is 49.3 Å². The lowest BCUT2D eigenvalue weighted by Gasteiger charge is -2.34. The maximum absolute atomic E-state index is 12.5. The molecule has 3 rings (SSSR count). The van der Waals surface area contributed by atoms with Crippen molar-refractivity contribution in [2.24, 2.45) is 11.8 Å². The van der Waals surface area contributed by atoms with Gasteiger partial charge in [0.15, 0.2) is 0 Å². The first-order valence-electron chi connectivity index (χ1n) is 10.5. The number of fused-ring (bicyclic) bond motifs is 1. The molecule has 2 heterocycles. The van der Waals surface area contributed by atoms with Gasteiger partial charge in [0, 0.05) is 32.5 Å². The van der Waals surface area contributed by atoms with Crippen LogP contribution in [0.4, 0.5) is 5.69 Å². The van der Waals surface area contributed by atoms with Gasteiger partial charge in [-0.05, 0) is 43.4 Å². The number of benzene rings is 1. The number of nitrogens with one attached hydrogen (secondary N) is 1. The Morgan fingerprint density at radius 3 is 2.68 bits per heavy atom. The summed E-state index contributed by atoms with van der Waals surface area (Å²) in [7, 11) is 0. The Morgan fingerprint density at radius 1 is 1.14 bits per heavy atom. The van der Waals surface area contributed by atoms with Crippen LogP contribution in [-0.4, -0.2) is 56.0 Å². The number of ether oxygens (including phenoxy) is 1. The van der Waals surface area contributed by atoms with Crippen molar-refractivity contribution in [2.45, 2.75) is 39.5 Å². The largest absolute Gasteiger partial charge is 0.490 e. The maximum Gasteiger partial charge on any atom is 0.227 e. The Balaban J connectivity index is 1.34. The quantitative estimate of drug-likeness (QED) is 0.731. The van der Waals surface area contributed by atoms with E-state index in [9.17, 15) is 9.59 Å². The third kappa shape index (κ3) is 5.71. The van der Waals surface area contributed by atoms with Crippen LogP contribution in [0.5, 0.6) is 5.75 Å². The molecule has 1 fully saturated rings. The molecule has 2 atom stereocenters. The Kier molecular flexibility index (Phi) is 7.31. The van der Waals surface area contributed by atoms with Crippen molar-refractivity contribution in [1.82, 2.24) is 10.2 Å². The molecule has 1 N–H and O–H groups in total. The normalized spacial score (nSPS) is 22.3. The van der Waals surface area contributed by atoms with Crippen LogP contribution in [0.15, 0.2) is 24.3 Å². The van der Waals surface area contributed by atoms with E-state index >= 15 is 0 Å². The van der Waals surface area contributed by atoms with E-state index in [1.54, 1.807) is 4.90 Å². The van der Waals surface area contributed by atoms with Crippen molar-refractivity contribution in [1.29, 1.82) is 0 Å². The average Bonchev–Trinajstić information content (AvgIpc) is 2.68. The first-order chi connectivity index (χ1) is 13.5. The fourth-order valence-corrected chi connectivity index (χ4v) is 4.38. The summed E-state index contributed by atoms with van der Waals surface area (Å²) in [6, 6.07) is 7.54. The van der Waals surface area contributed by atoms with Crippen molar-refractivity contribution in [3.63, 3.8) is 0 Å². The molecule has 1 aromatic rings. The molecule has 28 heavy (non-hydrogen) atoms. The van der Waals surface area contributed by atoms with Gasteiger partial charge in [-0.25, -0.2) is 0 Å². The molecule has 0 unspecified atom stereocenters. The highest BCUT2D eigenvalue weighted by Crippen LogP contribution is 2.31. The first kappa shape index (κ1) is 20.6. The Bertz CT molecular complexity index is 669. The van der Waals surface area contributed by atoms with Crippen molar-refractivity contribution in [3.8, 4) is 5.75 Å². The predicted octanol–water partition coefficient (Wildman–Crippen LogP) is 2.68. The molecule has 2 amide bonds. The number of piperidine rings is 1. The Morgan fingerprint density at radius 2 is 1.89 bits per heavy atom. The second-order valence-electron chi connectivity index (χ2n) is 8.27. The molecule has 154 valence electrons. The lowest BCUT2D eigenvalue weighted by Crippen LogP contribution is -2.40. The third-order valence-electron chi connectivity index (χ3n) is 5.51. The number of amides is 2. The summed E-state index contributed by atoms with van der Waals surface area (Å²) in [5, 5.41) is 2.96. The van der Waals surface area contributed by atoms with E-state index in [1.807, 2.05) is 24.3 Å². The zero-order valence-corrected chi connectivity index (χ0v) is 17.2. The highest BCUT2D eigenvalue weighted by atomic mass is 16.5. The average molecular weight is 388 g/mol. The van der Waals surface area contributed by atoms with Crippen LogP contribution in [0, 0.1) is 11.8 Å². The number of likely N-dealkylation sites (tertiary alicyclic amines) is 1. The summed E-state index contributed by atoms with van der Waals surface area (Å²) in [5.74, 6) is 2.18. The SMILES string of the molecule is C[C@@H]1C[C@@H](C)CN(CCCNC(=O)CCC(=O)N2CCOc3ccccc32)C1. The van der Waals surface area contributed by atoms with Gasteiger partial charge in [-0.15, -0.1) is 0 Å². The Labute approximate surface area is 168 Å². The minimum absolute atomic E-state index is 0.0257. The molecule has 0 spiro atoms. The van der Waals surface area contributed by atoms with Gasteiger partial charge >= 0.3 is 0 Å². The third-order valence-corrected chi connectivity index (χ3v) is 5.51. The van der Waals surface area contributed by atoms with Crippen LogP contribution >= 0.6 is 0 Å². The van der Waals surface area contributed by atoms with Gasteiger partial charge in [-0.2, -0.15) is 0 Å². The van der Waals surface area contributed by atoms with Gasteiger partial charge < -0.3 is 19.9 Å². The number of hydrogen-bond donors (Lipinski definition) is 1. The van der Waals surface area contributed by atoms with E-state index in [-0.39, 0.29) is 24.7 Å². The smallest absolute Gasteiger partial charge is 0.227 e. The number of para-hydroxylation sites is 2. The number of hydrogen-bond acceptors (Lipinski definition) is 4. The molecular formula is C22H33N3O3. The van der Waals surface area contributed by atoms with Gasteiger partial charge in [0.1, 0.15) is 12.4 Å². The topological polar surface area (TPSA) is 61.9 Å². The first-order valence-corrected chi connectivity index (χ1v) is 10.5. The zero-order chi connectivity index (χ0) is 19.9. The zero-order valence-electron chi connectivity index (χ0n) is 17.2. The molecule has 0 bridgehead atoms. The highest BCUT2D eigenvalue weighted by molar-refractivity contribution is 5.97. The number of carbonyl (C=O) groups excluding carboxylic acids is 2. The van der Waals surface area contributed by atoms with E-state index in [0.29, 0.717) is 19.7 Å². The molecule has 2 aliphatic heterocycles. The molecular weight excluding hydrogens is 354 g/mol. The summed E-state index contributed by atoms with van der Waals surface area (Å²) in [4.78, 5) is 28.9. The van der Waals surface area contributed by atoms with Gasteiger partial charge in [-0.3, -0.25) is 9.59 Å². The van der Waals surface area contributed by atoms with Crippen LogP contribution in [-0.2, 0) is 9.59 Å². The Hall–Kier alpha value is -2.08. The summed E-state index contributed by atoms with van der Waals surface area (Å²) in [5.41, 5.74) is 0.796. The molecule has 6 heteroatoms. The van der Waals surface area contributed by atoms with Gasteiger partial charge in [0.25, 0.3) is 0 Å². The molecule has 0 aliphatic carbocycles. The maximum atomic E-state index is 12.5. The van der Waals surface area contributed by atoms with Gasteiger partial charge in [-0.1, -0.05) is 26.0 Å². The standard InChI is InChI=1S/C22H33N3O3/c1-17-14-18(2)16-24(15-17)11-5-10-23-21(26)8-9-22(27)25-12-13-28-20-7-4-3-6-19(20)25/h3-4,6-7,17-18H,5,8-16H2,1-2H3,(H,23,26)/t17-,18-/m1/s1. The van der Waals surface area contributed by atoms with Crippen LogP contribution in [0.2, 0.25) is 0 Å². The second-order valence-corrected chi connectivity index (χ2v) is 8.27. The van der Waals surface area contributed by atoms with Crippen molar-refractivity contribution in [2.75, 3.05) is 44.2 Å². The summed E-state index contributed by atoms with van der Waals surface area (Å²) in [6.07, 6.45) is 2.72. The number of rotatable bonds is 7. The second kappa shape index (κ2) is 9.92. The van der Waals surface area contributed by atoms with E-state index in [2.05, 4.69) is 24.1 Å². The van der Waals surface area contributed by atoms with Gasteiger partial charge in [0.2, 0.25) is 11.8 Å². The van der Waals surface area contributed by atoms with E-state index in [1.165, 1.54) is 6.42 Å². The van der Waals surface area contributed by atoms with Crippen molar-refractivity contribution >= 4 is 17.5 Å². The lowest BCUT2D eigenvalue weighted by molar-refractivity contribution is -0.125. The molecule has 6 nitrogen and oxygen atoms in total. The number of anilines is 1. The van der Waals surface area contributed by atoms with E-state index < -0.39 is 0 Å². The lowest BCUT2D eigenvalue weighted by atomic mass is 9.92. The van der Waals surface area contributed by atoms with Crippen molar-refractivity contribution < 1.29 is 14.3 Å². The van der Waals surface area contributed by atoms with Gasteiger partial charge in [0.05, 0.1) is 12.2 Å². The molecule has 2 aliphatic rings. The summed E-state index contributed by atoms with van der Waals surface area (Å²) in [6.45, 7) is 9.67. The van der Waals surface area contributed by atoms with Crippen LogP contribution in [0.1, 0.15) is 39.5 Å². The molecule has 1 aromatic carbocycles. The molecule has 0 aromatic heterocycles. The van der Waals surface area contributed by atoms with Crippen LogP contribution < -0.4 is 15.0 Å².